The molecule has 0 rings (SSSR count). The second-order valence-corrected chi connectivity index (χ2v) is 1.92. The van der Waals surface area contributed by atoms with E-state index in [0.29, 0.717) is 0 Å². The van der Waals surface area contributed by atoms with Gasteiger partial charge in [-0.1, -0.05) is 15.9 Å². The van der Waals surface area contributed by atoms with Gasteiger partial charge in [-0.2, -0.15) is 0 Å². The first-order valence-corrected chi connectivity index (χ1v) is 2.73. The maximum atomic E-state index is 10.2. The van der Waals surface area contributed by atoms with Crippen LogP contribution in [0.2, 0.25) is 0 Å². The van der Waals surface area contributed by atoms with Crippen molar-refractivity contribution in [1.82, 2.24) is 0 Å². The molecule has 0 aromatic rings. The summed E-state index contributed by atoms with van der Waals surface area (Å²) in [5.41, 5.74) is 0. The second kappa shape index (κ2) is 3.60. The van der Waals surface area contributed by atoms with Crippen molar-refractivity contribution in [1.29, 1.82) is 0 Å². The van der Waals surface area contributed by atoms with Crippen molar-refractivity contribution in [3.05, 3.63) is 0 Å². The van der Waals surface area contributed by atoms with E-state index in [0.717, 1.165) is 0 Å². The van der Waals surface area contributed by atoms with E-state index in [9.17, 15) is 9.59 Å². The maximum Gasteiger partial charge on any atom is 0.327 e. The largest absolute Gasteiger partial charge is 0.468 e. The van der Waals surface area contributed by atoms with Crippen molar-refractivity contribution < 1.29 is 14.3 Å². The van der Waals surface area contributed by atoms with E-state index in [1.165, 1.54) is 13.4 Å². The Hall–Kier alpha value is -0.380. The van der Waals surface area contributed by atoms with Crippen LogP contribution in [0.3, 0.4) is 0 Å². The van der Waals surface area contributed by atoms with Crippen molar-refractivity contribution in [2.75, 3.05) is 7.11 Å². The molecule has 8 heavy (non-hydrogen) atoms. The van der Waals surface area contributed by atoms with Crippen molar-refractivity contribution in [2.24, 2.45) is 0 Å². The van der Waals surface area contributed by atoms with Crippen molar-refractivity contribution in [3.8, 4) is 0 Å². The zero-order valence-corrected chi connectivity index (χ0v) is 5.77. The summed E-state index contributed by atoms with van der Waals surface area (Å²) in [6.45, 7) is 0. The predicted molar refractivity (Wildman–Crippen MR) is 30.4 cm³/mol. The Labute approximate surface area is 55.1 Å². The molecule has 0 heterocycles. The molecule has 0 aromatic carbocycles. The van der Waals surface area contributed by atoms with Crippen LogP contribution in [-0.2, 0) is 14.3 Å². The summed E-state index contributed by atoms with van der Waals surface area (Å²) in [5, 5.41) is 0. The summed E-state index contributed by atoms with van der Waals surface area (Å²) in [7, 11) is 1.20. The van der Waals surface area contributed by atoms with Crippen LogP contribution < -0.4 is 0 Å². The molecule has 0 saturated heterocycles. The van der Waals surface area contributed by atoms with E-state index in [1.807, 2.05) is 0 Å². The van der Waals surface area contributed by atoms with Gasteiger partial charge in [-0.15, -0.1) is 0 Å². The van der Waals surface area contributed by atoms with Gasteiger partial charge in [0, 0.05) is 0 Å². The van der Waals surface area contributed by atoms with Crippen LogP contribution in [-0.4, -0.2) is 24.2 Å². The molecule has 0 fully saturated rings. The number of carbonyl (C=O) groups is 1. The van der Waals surface area contributed by atoms with Gasteiger partial charge in [-0.05, 0) is 0 Å². The lowest BCUT2D eigenvalue weighted by molar-refractivity contribution is -0.138. The number of methoxy groups -OCH3 is 1. The van der Waals surface area contributed by atoms with Crippen LogP contribution in [0.1, 0.15) is 0 Å². The van der Waals surface area contributed by atoms with Crippen LogP contribution in [0, 0.1) is 0 Å². The Kier molecular flexibility index (Phi) is 3.43. The molecule has 0 bridgehead atoms. The van der Waals surface area contributed by atoms with E-state index in [1.54, 1.807) is 0 Å². The molecule has 3 nitrogen and oxygen atoms in total. The van der Waals surface area contributed by atoms with E-state index < -0.39 is 10.8 Å². The predicted octanol–water partition coefficient (Wildman–Crippen LogP) is 0.0326. The number of halogens is 1. The summed E-state index contributed by atoms with van der Waals surface area (Å²) < 4.78 is 4.15. The minimum Gasteiger partial charge on any atom is -0.468 e. The zero-order chi connectivity index (χ0) is 6.57. The van der Waals surface area contributed by atoms with Crippen molar-refractivity contribution in [3.63, 3.8) is 0 Å². The number of alkyl halides is 1. The smallest absolute Gasteiger partial charge is 0.327 e. The molecule has 1 unspecified atom stereocenters. The quantitative estimate of drug-likeness (QED) is 0.342. The average molecular weight is 180 g/mol. The first-order valence-electron chi connectivity index (χ1n) is 1.82. The Morgan fingerprint density at radius 1 is 1.88 bits per heavy atom. The molecule has 0 saturated carbocycles. The molecule has 4 heteroatoms. The monoisotopic (exact) mass is 179 g/mol. The van der Waals surface area contributed by atoms with Gasteiger partial charge in [0.05, 0.1) is 7.11 Å². The van der Waals surface area contributed by atoms with Gasteiger partial charge in [0.25, 0.3) is 0 Å². The second-order valence-electron chi connectivity index (χ2n) is 1.00. The van der Waals surface area contributed by atoms with Gasteiger partial charge >= 0.3 is 5.97 Å². The lowest BCUT2D eigenvalue weighted by Crippen LogP contribution is -2.16. The highest BCUT2D eigenvalue weighted by Crippen LogP contribution is 1.95. The van der Waals surface area contributed by atoms with Crippen LogP contribution in [0.4, 0.5) is 0 Å². The Morgan fingerprint density at radius 3 is 2.50 bits per heavy atom. The number of hydrogen-bond acceptors (Lipinski definition) is 3. The van der Waals surface area contributed by atoms with Gasteiger partial charge in [0.2, 0.25) is 6.29 Å². The summed E-state index contributed by atoms with van der Waals surface area (Å²) in [5.74, 6) is -0.625. The lowest BCUT2D eigenvalue weighted by Gasteiger charge is -1.94. The van der Waals surface area contributed by atoms with Gasteiger partial charge in [0.1, 0.15) is 0 Å². The molecular weight excluding hydrogens is 176 g/mol. The third kappa shape index (κ3) is 2.07. The molecular formula is C4H4BrO3. The number of ether oxygens (including phenoxy) is 1. The molecule has 0 N–H and O–H groups in total. The Balaban J connectivity index is 3.62. The van der Waals surface area contributed by atoms with Crippen LogP contribution in [0.25, 0.3) is 0 Å². The van der Waals surface area contributed by atoms with Gasteiger partial charge < -0.3 is 4.74 Å². The third-order valence-electron chi connectivity index (χ3n) is 0.512. The number of rotatable bonds is 2. The Bertz CT molecular complexity index is 101. The third-order valence-corrected chi connectivity index (χ3v) is 1.07. The molecule has 45 valence electrons. The highest BCUT2D eigenvalue weighted by Gasteiger charge is 2.13. The molecule has 0 amide bonds. The summed E-state index contributed by atoms with van der Waals surface area (Å²) in [4.78, 5) is 18.9. The molecule has 0 spiro atoms. The minimum absolute atomic E-state index is 0.625. The SMILES string of the molecule is COC(=O)C(Br)[C]=O. The topological polar surface area (TPSA) is 43.4 Å². The first-order chi connectivity index (χ1) is 3.72. The highest BCUT2D eigenvalue weighted by atomic mass is 79.9. The summed E-state index contributed by atoms with van der Waals surface area (Å²) >= 11 is 2.70. The van der Waals surface area contributed by atoms with Crippen molar-refractivity contribution >= 4 is 28.2 Å². The van der Waals surface area contributed by atoms with E-state index in [4.69, 9.17) is 0 Å². The summed E-state index contributed by atoms with van der Waals surface area (Å²) in [6, 6.07) is 0. The fourth-order valence-corrected chi connectivity index (χ4v) is 0.338. The zero-order valence-electron chi connectivity index (χ0n) is 4.18. The minimum atomic E-state index is -0.938. The van der Waals surface area contributed by atoms with Crippen LogP contribution >= 0.6 is 15.9 Å². The molecule has 0 aromatic heterocycles. The van der Waals surface area contributed by atoms with E-state index >= 15 is 0 Å². The molecule has 1 radical (unpaired) electrons. The standard InChI is InChI=1S/C4H4BrO3/c1-8-4(7)3(5)2-6/h3H,1H3. The summed E-state index contributed by atoms with van der Waals surface area (Å²) in [6.07, 6.45) is 1.41. The average Bonchev–Trinajstić information content (AvgIpc) is 1.84. The normalized spacial score (nSPS) is 12.2. The molecule has 0 aliphatic heterocycles. The number of hydrogen-bond donors (Lipinski definition) is 0. The lowest BCUT2D eigenvalue weighted by atomic mass is 10.5. The van der Waals surface area contributed by atoms with Gasteiger partial charge in [-0.3, -0.25) is 9.59 Å². The van der Waals surface area contributed by atoms with Gasteiger partial charge in [0.15, 0.2) is 4.83 Å². The Morgan fingerprint density at radius 2 is 2.38 bits per heavy atom. The maximum absolute atomic E-state index is 10.2. The van der Waals surface area contributed by atoms with E-state index in [-0.39, 0.29) is 0 Å². The van der Waals surface area contributed by atoms with Gasteiger partial charge in [-0.25, -0.2) is 0 Å². The van der Waals surface area contributed by atoms with E-state index in [2.05, 4.69) is 20.7 Å². The van der Waals surface area contributed by atoms with Crippen LogP contribution in [0.5, 0.6) is 0 Å². The number of esters is 1. The molecule has 1 atom stereocenters. The molecule has 0 aliphatic carbocycles. The first kappa shape index (κ1) is 7.62. The molecule has 0 aliphatic rings. The van der Waals surface area contributed by atoms with Crippen LogP contribution in [0.15, 0.2) is 0 Å². The fourth-order valence-electron chi connectivity index (χ4n) is 0.152. The number of carbonyl (C=O) groups excluding carboxylic acids is 2. The fraction of sp³-hybridized carbons (Fsp3) is 0.500. The van der Waals surface area contributed by atoms with Crippen molar-refractivity contribution in [2.45, 2.75) is 4.83 Å². The highest BCUT2D eigenvalue weighted by molar-refractivity contribution is 9.10.